The van der Waals surface area contributed by atoms with Crippen LogP contribution in [0.15, 0.2) is 89.4 Å². The van der Waals surface area contributed by atoms with Crippen molar-refractivity contribution in [2.75, 3.05) is 23.0 Å². The van der Waals surface area contributed by atoms with Gasteiger partial charge in [0.2, 0.25) is 5.91 Å². The van der Waals surface area contributed by atoms with Crippen LogP contribution in [0, 0.1) is 0 Å². The molecule has 2 atom stereocenters. The number of nitrogen functional groups attached to an aromatic ring is 1. The molecule has 0 aromatic heterocycles. The van der Waals surface area contributed by atoms with Crippen molar-refractivity contribution in [1.29, 1.82) is 0 Å². The largest absolute Gasteiger partial charge is 0.508 e. The standard InChI is InChI=1S/C28H30BrN3O5/c1-2-36-25(9-5-6-10-26(34)32-24-8-4-3-7-23(24)30)27(19-11-17-22(33)18-12-19)37-28(35)31-21-15-13-20(29)14-16-21/h3-4,6-8,10-18,25,27,33H,2,5,9,30H2,1H3,(H,31,35)(H,32,34)/b10-6+/t25-,27-/m1/s1. The van der Waals surface area contributed by atoms with Crippen LogP contribution in [0.3, 0.4) is 0 Å². The third-order valence-electron chi connectivity index (χ3n) is 5.37. The summed E-state index contributed by atoms with van der Waals surface area (Å²) in [7, 11) is 0. The average Bonchev–Trinajstić information content (AvgIpc) is 2.88. The van der Waals surface area contributed by atoms with E-state index in [0.717, 1.165) is 4.47 Å². The molecule has 0 saturated carbocycles. The van der Waals surface area contributed by atoms with Gasteiger partial charge in [-0.05, 0) is 79.9 Å². The van der Waals surface area contributed by atoms with Crippen LogP contribution in [0.4, 0.5) is 21.9 Å². The van der Waals surface area contributed by atoms with Crippen molar-refractivity contribution in [3.63, 3.8) is 0 Å². The molecule has 5 N–H and O–H groups in total. The Bertz CT molecular complexity index is 1200. The number of hydrogen-bond acceptors (Lipinski definition) is 6. The minimum absolute atomic E-state index is 0.0998. The highest BCUT2D eigenvalue weighted by atomic mass is 79.9. The van der Waals surface area contributed by atoms with E-state index in [1.54, 1.807) is 54.6 Å². The number of amides is 2. The van der Waals surface area contributed by atoms with E-state index in [-0.39, 0.29) is 11.7 Å². The number of nitrogens with two attached hydrogens (primary N) is 1. The molecule has 2 amide bonds. The summed E-state index contributed by atoms with van der Waals surface area (Å²) < 4.78 is 12.6. The van der Waals surface area contributed by atoms with Crippen LogP contribution < -0.4 is 16.4 Å². The lowest BCUT2D eigenvalue weighted by molar-refractivity contribution is -0.111. The van der Waals surface area contributed by atoms with E-state index < -0.39 is 18.3 Å². The van der Waals surface area contributed by atoms with Gasteiger partial charge in [-0.1, -0.05) is 46.3 Å². The Balaban J connectivity index is 1.68. The molecule has 0 unspecified atom stereocenters. The van der Waals surface area contributed by atoms with Crippen LogP contribution in [-0.2, 0) is 14.3 Å². The van der Waals surface area contributed by atoms with Gasteiger partial charge in [0.25, 0.3) is 0 Å². The van der Waals surface area contributed by atoms with E-state index in [4.69, 9.17) is 15.2 Å². The maximum Gasteiger partial charge on any atom is 0.412 e. The van der Waals surface area contributed by atoms with E-state index in [1.807, 2.05) is 19.1 Å². The zero-order valence-electron chi connectivity index (χ0n) is 20.4. The molecule has 0 fully saturated rings. The molecular formula is C28H30BrN3O5. The first-order valence-electron chi connectivity index (χ1n) is 11.8. The van der Waals surface area contributed by atoms with Crippen molar-refractivity contribution >= 4 is 45.0 Å². The van der Waals surface area contributed by atoms with Crippen LogP contribution in [0.5, 0.6) is 5.75 Å². The lowest BCUT2D eigenvalue weighted by atomic mass is 10.00. The van der Waals surface area contributed by atoms with Crippen molar-refractivity contribution in [2.45, 2.75) is 32.0 Å². The third kappa shape index (κ3) is 8.96. The number of nitrogens with one attached hydrogen (secondary N) is 2. The van der Waals surface area contributed by atoms with Crippen LogP contribution in [0.25, 0.3) is 0 Å². The van der Waals surface area contributed by atoms with Crippen LogP contribution in [0.2, 0.25) is 0 Å². The molecule has 0 spiro atoms. The van der Waals surface area contributed by atoms with E-state index >= 15 is 0 Å². The number of benzene rings is 3. The lowest BCUT2D eigenvalue weighted by Gasteiger charge is -2.27. The lowest BCUT2D eigenvalue weighted by Crippen LogP contribution is -2.29. The van der Waals surface area contributed by atoms with Gasteiger partial charge in [-0.2, -0.15) is 0 Å². The fourth-order valence-electron chi connectivity index (χ4n) is 3.59. The highest BCUT2D eigenvalue weighted by molar-refractivity contribution is 9.10. The Morgan fingerprint density at radius 1 is 1.03 bits per heavy atom. The summed E-state index contributed by atoms with van der Waals surface area (Å²) in [6.45, 7) is 2.25. The fraction of sp³-hybridized carbons (Fsp3) is 0.214. The van der Waals surface area contributed by atoms with Gasteiger partial charge in [0.15, 0.2) is 6.10 Å². The van der Waals surface area contributed by atoms with E-state index in [0.29, 0.717) is 42.1 Å². The van der Waals surface area contributed by atoms with Crippen LogP contribution >= 0.6 is 15.9 Å². The third-order valence-corrected chi connectivity index (χ3v) is 5.90. The predicted molar refractivity (Wildman–Crippen MR) is 148 cm³/mol. The van der Waals surface area contributed by atoms with Gasteiger partial charge in [0, 0.05) is 16.8 Å². The van der Waals surface area contributed by atoms with E-state index in [1.165, 1.54) is 18.2 Å². The molecule has 0 bridgehead atoms. The van der Waals surface area contributed by atoms with Gasteiger partial charge in [-0.25, -0.2) is 4.79 Å². The molecule has 0 aliphatic rings. The second-order valence-electron chi connectivity index (χ2n) is 8.10. The average molecular weight is 568 g/mol. The Morgan fingerprint density at radius 3 is 2.41 bits per heavy atom. The highest BCUT2D eigenvalue weighted by Gasteiger charge is 2.27. The molecule has 194 valence electrons. The number of phenolic OH excluding ortho intramolecular Hbond substituents is 1. The number of para-hydroxylation sites is 2. The van der Waals surface area contributed by atoms with E-state index in [2.05, 4.69) is 26.6 Å². The molecule has 9 heteroatoms. The Hall–Kier alpha value is -3.82. The first-order chi connectivity index (χ1) is 17.9. The minimum Gasteiger partial charge on any atom is -0.508 e. The number of carbonyl (C=O) groups is 2. The summed E-state index contributed by atoms with van der Waals surface area (Å²) in [4.78, 5) is 25.0. The molecule has 3 rings (SSSR count). The maximum atomic E-state index is 12.8. The molecule has 3 aromatic carbocycles. The second kappa shape index (κ2) is 14.1. The van der Waals surface area contributed by atoms with Crippen molar-refractivity contribution in [3.8, 4) is 5.75 Å². The van der Waals surface area contributed by atoms with Gasteiger partial charge >= 0.3 is 6.09 Å². The van der Waals surface area contributed by atoms with Crippen LogP contribution in [0.1, 0.15) is 31.4 Å². The van der Waals surface area contributed by atoms with Crippen LogP contribution in [-0.4, -0.2) is 29.8 Å². The minimum atomic E-state index is -0.748. The number of halogens is 1. The van der Waals surface area contributed by atoms with Crippen molar-refractivity contribution < 1.29 is 24.2 Å². The zero-order chi connectivity index (χ0) is 26.6. The topological polar surface area (TPSA) is 123 Å². The van der Waals surface area contributed by atoms with Crippen molar-refractivity contribution in [3.05, 3.63) is 95.0 Å². The normalized spacial score (nSPS) is 12.6. The Morgan fingerprint density at radius 2 is 1.73 bits per heavy atom. The van der Waals surface area contributed by atoms with Crippen molar-refractivity contribution in [1.82, 2.24) is 0 Å². The smallest absolute Gasteiger partial charge is 0.412 e. The van der Waals surface area contributed by atoms with Gasteiger partial charge in [0.1, 0.15) is 5.75 Å². The summed E-state index contributed by atoms with van der Waals surface area (Å²) in [5.74, 6) is -0.200. The number of anilines is 3. The van der Waals surface area contributed by atoms with Crippen molar-refractivity contribution in [2.24, 2.45) is 0 Å². The quantitative estimate of drug-likeness (QED) is 0.157. The summed E-state index contributed by atoms with van der Waals surface area (Å²) in [6, 6.07) is 20.6. The molecule has 8 nitrogen and oxygen atoms in total. The monoisotopic (exact) mass is 567 g/mol. The zero-order valence-corrected chi connectivity index (χ0v) is 22.0. The SMILES string of the molecule is CCO[C@H](CC/C=C/C(=O)Nc1ccccc1N)[C@H](OC(=O)Nc1ccc(Br)cc1)c1ccc(O)cc1. The summed E-state index contributed by atoms with van der Waals surface area (Å²) >= 11 is 3.37. The van der Waals surface area contributed by atoms with E-state index in [9.17, 15) is 14.7 Å². The Kier molecular flexibility index (Phi) is 10.5. The number of carbonyl (C=O) groups excluding carboxylic acids is 2. The van der Waals surface area contributed by atoms with Gasteiger partial charge in [0.05, 0.1) is 17.5 Å². The first-order valence-corrected chi connectivity index (χ1v) is 12.6. The maximum absolute atomic E-state index is 12.8. The molecule has 37 heavy (non-hydrogen) atoms. The molecule has 0 saturated heterocycles. The summed E-state index contributed by atoms with van der Waals surface area (Å²) in [5.41, 5.74) is 8.15. The van der Waals surface area contributed by atoms with Gasteiger partial charge in [-0.15, -0.1) is 0 Å². The molecule has 0 aliphatic carbocycles. The Labute approximate surface area is 224 Å². The highest BCUT2D eigenvalue weighted by Crippen LogP contribution is 2.29. The number of allylic oxidation sites excluding steroid dienone is 1. The summed E-state index contributed by atoms with van der Waals surface area (Å²) in [5, 5.41) is 15.2. The molecule has 0 heterocycles. The predicted octanol–water partition coefficient (Wildman–Crippen LogP) is 6.41. The second-order valence-corrected chi connectivity index (χ2v) is 9.02. The number of ether oxygens (including phenoxy) is 2. The first kappa shape index (κ1) is 27.8. The van der Waals surface area contributed by atoms with Gasteiger partial charge < -0.3 is 25.6 Å². The molecule has 3 aromatic rings. The molecule has 0 radical (unpaired) electrons. The number of hydrogen-bond donors (Lipinski definition) is 4. The fourth-order valence-corrected chi connectivity index (χ4v) is 3.86. The number of phenols is 1. The molecular weight excluding hydrogens is 538 g/mol. The number of aromatic hydroxyl groups is 1. The molecule has 0 aliphatic heterocycles. The van der Waals surface area contributed by atoms with Gasteiger partial charge in [-0.3, -0.25) is 10.1 Å². The summed E-state index contributed by atoms with van der Waals surface area (Å²) in [6.07, 6.45) is 2.25. The number of rotatable bonds is 11.